The first kappa shape index (κ1) is 13.5. The standard InChI is InChI=1S/C15H26O/c1-12-7-8-14(16)13(2)6-5-10-15(3,4)11-9-12/h14,16H,1-2,5-11H2,3-4H3/t14-/m0/s1. The largest absolute Gasteiger partial charge is 0.389 e. The molecule has 0 heterocycles. The van der Waals surface area contributed by atoms with Crippen molar-refractivity contribution >= 4 is 0 Å². The minimum atomic E-state index is -0.321. The normalized spacial score (nSPS) is 28.6. The molecule has 1 rings (SSSR count). The highest BCUT2D eigenvalue weighted by Crippen LogP contribution is 2.33. The Kier molecular flexibility index (Phi) is 4.79. The summed E-state index contributed by atoms with van der Waals surface area (Å²) < 4.78 is 0. The van der Waals surface area contributed by atoms with Crippen LogP contribution in [0.2, 0.25) is 0 Å². The lowest BCUT2D eigenvalue weighted by Crippen LogP contribution is -2.11. The number of hydrogen-bond donors (Lipinski definition) is 1. The fourth-order valence-electron chi connectivity index (χ4n) is 2.27. The molecule has 1 saturated carbocycles. The number of aliphatic hydroxyl groups excluding tert-OH is 1. The lowest BCUT2D eigenvalue weighted by atomic mass is 9.81. The van der Waals surface area contributed by atoms with Crippen molar-refractivity contribution in [3.63, 3.8) is 0 Å². The molecule has 0 bridgehead atoms. The SMILES string of the molecule is C=C1CC[C@H](O)C(=C)CCCC(C)(C)CC1. The van der Waals surface area contributed by atoms with Crippen LogP contribution in [0, 0.1) is 5.41 Å². The molecule has 16 heavy (non-hydrogen) atoms. The molecule has 1 N–H and O–H groups in total. The van der Waals surface area contributed by atoms with E-state index in [1.54, 1.807) is 0 Å². The Balaban J connectivity index is 2.62. The average Bonchev–Trinajstić information content (AvgIpc) is 2.23. The van der Waals surface area contributed by atoms with Gasteiger partial charge in [-0.1, -0.05) is 32.6 Å². The molecule has 0 aliphatic heterocycles. The highest BCUT2D eigenvalue weighted by Gasteiger charge is 2.20. The topological polar surface area (TPSA) is 20.2 Å². The Morgan fingerprint density at radius 2 is 1.81 bits per heavy atom. The summed E-state index contributed by atoms with van der Waals surface area (Å²) in [6, 6.07) is 0. The Morgan fingerprint density at radius 1 is 1.12 bits per heavy atom. The van der Waals surface area contributed by atoms with E-state index in [9.17, 15) is 5.11 Å². The Hall–Kier alpha value is -0.560. The molecule has 0 amide bonds. The van der Waals surface area contributed by atoms with Gasteiger partial charge in [-0.25, -0.2) is 0 Å². The summed E-state index contributed by atoms with van der Waals surface area (Å²) in [7, 11) is 0. The van der Waals surface area contributed by atoms with Gasteiger partial charge in [0.2, 0.25) is 0 Å². The summed E-state index contributed by atoms with van der Waals surface area (Å²) in [6.45, 7) is 12.8. The van der Waals surface area contributed by atoms with Crippen LogP contribution in [0.15, 0.2) is 24.3 Å². The van der Waals surface area contributed by atoms with Gasteiger partial charge in [-0.05, 0) is 55.9 Å². The first-order valence-electron chi connectivity index (χ1n) is 6.43. The molecule has 0 aromatic rings. The molecular formula is C15H26O. The number of rotatable bonds is 0. The van der Waals surface area contributed by atoms with Crippen LogP contribution in [0.4, 0.5) is 0 Å². The molecule has 0 spiro atoms. The molecule has 1 aliphatic rings. The van der Waals surface area contributed by atoms with Gasteiger partial charge in [-0.3, -0.25) is 0 Å². The summed E-state index contributed by atoms with van der Waals surface area (Å²) in [5.41, 5.74) is 2.69. The number of hydrogen-bond acceptors (Lipinski definition) is 1. The van der Waals surface area contributed by atoms with Crippen molar-refractivity contribution < 1.29 is 5.11 Å². The van der Waals surface area contributed by atoms with E-state index in [4.69, 9.17) is 0 Å². The Bertz CT molecular complexity index is 263. The quantitative estimate of drug-likeness (QED) is 0.608. The summed E-state index contributed by atoms with van der Waals surface area (Å²) >= 11 is 0. The molecular weight excluding hydrogens is 196 g/mol. The van der Waals surface area contributed by atoms with Crippen molar-refractivity contribution in [2.45, 2.75) is 64.9 Å². The predicted molar refractivity (Wildman–Crippen MR) is 70.4 cm³/mol. The lowest BCUT2D eigenvalue weighted by molar-refractivity contribution is 0.196. The molecule has 1 heteroatoms. The first-order chi connectivity index (χ1) is 7.41. The molecule has 0 aromatic heterocycles. The molecule has 1 fully saturated rings. The third-order valence-corrected chi connectivity index (χ3v) is 3.75. The highest BCUT2D eigenvalue weighted by atomic mass is 16.3. The highest BCUT2D eigenvalue weighted by molar-refractivity contribution is 5.05. The second-order valence-corrected chi connectivity index (χ2v) is 5.98. The molecule has 92 valence electrons. The van der Waals surface area contributed by atoms with Gasteiger partial charge in [0.05, 0.1) is 6.10 Å². The van der Waals surface area contributed by atoms with Gasteiger partial charge < -0.3 is 5.11 Å². The van der Waals surface area contributed by atoms with Gasteiger partial charge >= 0.3 is 0 Å². The maximum atomic E-state index is 9.90. The van der Waals surface area contributed by atoms with Crippen LogP contribution in [0.25, 0.3) is 0 Å². The van der Waals surface area contributed by atoms with E-state index in [1.807, 2.05) is 0 Å². The maximum Gasteiger partial charge on any atom is 0.0750 e. The zero-order valence-corrected chi connectivity index (χ0v) is 10.9. The van der Waals surface area contributed by atoms with Crippen molar-refractivity contribution in [2.75, 3.05) is 0 Å². The van der Waals surface area contributed by atoms with Crippen LogP contribution in [0.1, 0.15) is 58.8 Å². The zero-order chi connectivity index (χ0) is 12.2. The third-order valence-electron chi connectivity index (χ3n) is 3.75. The summed E-state index contributed by atoms with van der Waals surface area (Å²) in [6.07, 6.45) is 7.07. The molecule has 1 nitrogen and oxygen atoms in total. The minimum Gasteiger partial charge on any atom is -0.389 e. The van der Waals surface area contributed by atoms with Crippen LogP contribution in [0.3, 0.4) is 0 Å². The molecule has 0 radical (unpaired) electrons. The van der Waals surface area contributed by atoms with Gasteiger partial charge in [-0.2, -0.15) is 0 Å². The predicted octanol–water partition coefficient (Wildman–Crippen LogP) is 4.23. The molecule has 0 aromatic carbocycles. The fraction of sp³-hybridized carbons (Fsp3) is 0.733. The van der Waals surface area contributed by atoms with Gasteiger partial charge in [0.15, 0.2) is 0 Å². The van der Waals surface area contributed by atoms with E-state index in [2.05, 4.69) is 27.0 Å². The van der Waals surface area contributed by atoms with Crippen LogP contribution < -0.4 is 0 Å². The average molecular weight is 222 g/mol. The Morgan fingerprint density at radius 3 is 2.50 bits per heavy atom. The first-order valence-corrected chi connectivity index (χ1v) is 6.43. The van der Waals surface area contributed by atoms with E-state index in [-0.39, 0.29) is 6.10 Å². The lowest BCUT2D eigenvalue weighted by Gasteiger charge is -2.24. The van der Waals surface area contributed by atoms with Crippen LogP contribution >= 0.6 is 0 Å². The fourth-order valence-corrected chi connectivity index (χ4v) is 2.27. The van der Waals surface area contributed by atoms with Gasteiger partial charge in [0.1, 0.15) is 0 Å². The van der Waals surface area contributed by atoms with Crippen LogP contribution in [-0.2, 0) is 0 Å². The summed E-state index contributed by atoms with van der Waals surface area (Å²) in [5.74, 6) is 0. The van der Waals surface area contributed by atoms with E-state index in [1.165, 1.54) is 18.4 Å². The van der Waals surface area contributed by atoms with E-state index < -0.39 is 0 Å². The van der Waals surface area contributed by atoms with Gasteiger partial charge in [0, 0.05) is 0 Å². The molecule has 1 aliphatic carbocycles. The van der Waals surface area contributed by atoms with E-state index in [0.29, 0.717) is 5.41 Å². The van der Waals surface area contributed by atoms with Crippen molar-refractivity contribution in [1.29, 1.82) is 0 Å². The monoisotopic (exact) mass is 222 g/mol. The smallest absolute Gasteiger partial charge is 0.0750 e. The van der Waals surface area contributed by atoms with Crippen LogP contribution in [-0.4, -0.2) is 11.2 Å². The second kappa shape index (κ2) is 5.67. The van der Waals surface area contributed by atoms with Crippen LogP contribution in [0.5, 0.6) is 0 Å². The van der Waals surface area contributed by atoms with Crippen molar-refractivity contribution in [2.24, 2.45) is 5.41 Å². The van der Waals surface area contributed by atoms with Crippen molar-refractivity contribution in [3.8, 4) is 0 Å². The van der Waals surface area contributed by atoms with E-state index >= 15 is 0 Å². The molecule has 0 unspecified atom stereocenters. The summed E-state index contributed by atoms with van der Waals surface area (Å²) in [5, 5.41) is 9.90. The Labute approximate surface area is 100 Å². The van der Waals surface area contributed by atoms with Gasteiger partial charge in [0.25, 0.3) is 0 Å². The van der Waals surface area contributed by atoms with Crippen molar-refractivity contribution in [3.05, 3.63) is 24.3 Å². The number of allylic oxidation sites excluding steroid dienone is 1. The van der Waals surface area contributed by atoms with E-state index in [0.717, 1.165) is 37.7 Å². The third kappa shape index (κ3) is 4.52. The maximum absolute atomic E-state index is 9.90. The van der Waals surface area contributed by atoms with Crippen molar-refractivity contribution in [1.82, 2.24) is 0 Å². The zero-order valence-electron chi connectivity index (χ0n) is 10.9. The second-order valence-electron chi connectivity index (χ2n) is 5.98. The van der Waals surface area contributed by atoms with Gasteiger partial charge in [-0.15, -0.1) is 0 Å². The molecule has 1 atom stereocenters. The molecule has 0 saturated heterocycles. The number of aliphatic hydroxyl groups is 1. The summed E-state index contributed by atoms with van der Waals surface area (Å²) in [4.78, 5) is 0. The minimum absolute atomic E-state index is 0.321.